The Morgan fingerprint density at radius 3 is 2.65 bits per heavy atom. The smallest absolute Gasteiger partial charge is 0.322 e. The van der Waals surface area contributed by atoms with Gasteiger partial charge in [-0.1, -0.05) is 0 Å². The predicted octanol–water partition coefficient (Wildman–Crippen LogP) is 1.59. The number of aliphatic carboxylic acids is 1. The van der Waals surface area contributed by atoms with Gasteiger partial charge in [0.15, 0.2) is 0 Å². The Hall–Kier alpha value is -1.54. The number of piperidine rings is 1. The minimum absolute atomic E-state index is 0.0186. The zero-order valence-corrected chi connectivity index (χ0v) is 11.2. The van der Waals surface area contributed by atoms with Crippen LogP contribution in [0.5, 0.6) is 0 Å². The summed E-state index contributed by atoms with van der Waals surface area (Å²) in [5, 5.41) is 9.07. The lowest BCUT2D eigenvalue weighted by molar-refractivity contribution is -0.142. The van der Waals surface area contributed by atoms with E-state index in [0.717, 1.165) is 10.4 Å². The Morgan fingerprint density at radius 1 is 1.30 bits per heavy atom. The van der Waals surface area contributed by atoms with Crippen LogP contribution in [0.4, 0.5) is 8.78 Å². The molecule has 20 heavy (non-hydrogen) atoms. The number of hydrogen-bond donors (Lipinski definition) is 1. The van der Waals surface area contributed by atoms with Crippen molar-refractivity contribution in [1.29, 1.82) is 0 Å². The summed E-state index contributed by atoms with van der Waals surface area (Å²) < 4.78 is 52.2. The number of hydrogen-bond acceptors (Lipinski definition) is 3. The molecule has 0 unspecified atom stereocenters. The van der Waals surface area contributed by atoms with Crippen LogP contribution in [0.1, 0.15) is 19.3 Å². The second-order valence-electron chi connectivity index (χ2n) is 4.54. The molecule has 1 aromatic carbocycles. The van der Waals surface area contributed by atoms with Gasteiger partial charge >= 0.3 is 5.97 Å². The molecule has 2 rings (SSSR count). The molecule has 0 saturated carbocycles. The van der Waals surface area contributed by atoms with Crippen LogP contribution in [0.3, 0.4) is 0 Å². The Balaban J connectivity index is 2.47. The van der Waals surface area contributed by atoms with Crippen LogP contribution in [0.25, 0.3) is 0 Å². The Kier molecular flexibility index (Phi) is 4.05. The van der Waals surface area contributed by atoms with Crippen molar-refractivity contribution in [2.75, 3.05) is 6.54 Å². The van der Waals surface area contributed by atoms with Gasteiger partial charge in [-0.05, 0) is 37.5 Å². The highest BCUT2D eigenvalue weighted by molar-refractivity contribution is 7.89. The molecule has 0 amide bonds. The molecular formula is C12H13F2NO4S. The van der Waals surface area contributed by atoms with Gasteiger partial charge in [0.2, 0.25) is 10.0 Å². The van der Waals surface area contributed by atoms with Crippen molar-refractivity contribution in [3.05, 3.63) is 29.8 Å². The Labute approximate surface area is 114 Å². The number of benzene rings is 1. The maximum absolute atomic E-state index is 13.6. The van der Waals surface area contributed by atoms with Gasteiger partial charge in [0.05, 0.1) is 0 Å². The normalized spacial score (nSPS) is 20.8. The van der Waals surface area contributed by atoms with Crippen molar-refractivity contribution in [1.82, 2.24) is 4.31 Å². The van der Waals surface area contributed by atoms with Crippen LogP contribution in [0.2, 0.25) is 0 Å². The minimum Gasteiger partial charge on any atom is -0.480 e. The first-order valence-corrected chi connectivity index (χ1v) is 7.48. The SMILES string of the molecule is O=C(O)[C@H]1CCCCN1S(=O)(=O)c1cc(F)ccc1F. The van der Waals surface area contributed by atoms with E-state index in [-0.39, 0.29) is 13.0 Å². The van der Waals surface area contributed by atoms with Gasteiger partial charge in [-0.2, -0.15) is 4.31 Å². The van der Waals surface area contributed by atoms with Crippen molar-refractivity contribution >= 4 is 16.0 Å². The van der Waals surface area contributed by atoms with Crippen molar-refractivity contribution < 1.29 is 27.1 Å². The van der Waals surface area contributed by atoms with Crippen LogP contribution in [0, 0.1) is 11.6 Å². The number of carboxylic acids is 1. The molecule has 1 aliphatic rings. The molecule has 1 aliphatic heterocycles. The van der Waals surface area contributed by atoms with Gasteiger partial charge in [0, 0.05) is 6.54 Å². The van der Waals surface area contributed by atoms with Gasteiger partial charge in [-0.25, -0.2) is 17.2 Å². The molecule has 1 saturated heterocycles. The number of carbonyl (C=O) groups is 1. The molecule has 0 radical (unpaired) electrons. The molecule has 0 aromatic heterocycles. The van der Waals surface area contributed by atoms with Crippen LogP contribution < -0.4 is 0 Å². The van der Waals surface area contributed by atoms with Crippen molar-refractivity contribution in [3.63, 3.8) is 0 Å². The summed E-state index contributed by atoms with van der Waals surface area (Å²) in [4.78, 5) is 10.3. The van der Waals surface area contributed by atoms with Crippen LogP contribution >= 0.6 is 0 Å². The van der Waals surface area contributed by atoms with Crippen molar-refractivity contribution in [3.8, 4) is 0 Å². The monoisotopic (exact) mass is 305 g/mol. The molecular weight excluding hydrogens is 292 g/mol. The second-order valence-corrected chi connectivity index (χ2v) is 6.40. The molecule has 1 atom stereocenters. The van der Waals surface area contributed by atoms with E-state index in [2.05, 4.69) is 0 Å². The summed E-state index contributed by atoms with van der Waals surface area (Å²) in [6, 6.07) is 0.843. The van der Waals surface area contributed by atoms with E-state index in [1.807, 2.05) is 0 Å². The highest BCUT2D eigenvalue weighted by atomic mass is 32.2. The summed E-state index contributed by atoms with van der Waals surface area (Å²) >= 11 is 0. The maximum atomic E-state index is 13.6. The Bertz CT molecular complexity index is 632. The minimum atomic E-state index is -4.37. The third-order valence-corrected chi connectivity index (χ3v) is 5.14. The lowest BCUT2D eigenvalue weighted by atomic mass is 10.1. The quantitative estimate of drug-likeness (QED) is 0.920. The molecule has 8 heteroatoms. The van der Waals surface area contributed by atoms with E-state index in [0.29, 0.717) is 25.0 Å². The molecule has 1 fully saturated rings. The number of nitrogens with zero attached hydrogens (tertiary/aromatic N) is 1. The van der Waals surface area contributed by atoms with E-state index in [1.54, 1.807) is 0 Å². The molecule has 0 bridgehead atoms. The van der Waals surface area contributed by atoms with Gasteiger partial charge in [0.25, 0.3) is 0 Å². The van der Waals surface area contributed by atoms with Crippen molar-refractivity contribution in [2.24, 2.45) is 0 Å². The first-order valence-electron chi connectivity index (χ1n) is 6.04. The lowest BCUT2D eigenvalue weighted by Gasteiger charge is -2.31. The fraction of sp³-hybridized carbons (Fsp3) is 0.417. The van der Waals surface area contributed by atoms with Gasteiger partial charge in [-0.3, -0.25) is 4.79 Å². The summed E-state index contributed by atoms with van der Waals surface area (Å²) in [7, 11) is -4.37. The topological polar surface area (TPSA) is 74.7 Å². The van der Waals surface area contributed by atoms with E-state index in [4.69, 9.17) is 5.11 Å². The standard InChI is InChI=1S/C12H13F2NO4S/c13-8-4-5-9(14)11(7-8)20(18,19)15-6-2-1-3-10(15)12(16)17/h4-5,7,10H,1-3,6H2,(H,16,17)/t10-/m1/s1. The summed E-state index contributed by atoms with van der Waals surface area (Å²) in [6.07, 6.45) is 1.22. The fourth-order valence-electron chi connectivity index (χ4n) is 2.24. The summed E-state index contributed by atoms with van der Waals surface area (Å²) in [5.41, 5.74) is 0. The number of sulfonamides is 1. The molecule has 5 nitrogen and oxygen atoms in total. The maximum Gasteiger partial charge on any atom is 0.322 e. The predicted molar refractivity (Wildman–Crippen MR) is 65.5 cm³/mol. The van der Waals surface area contributed by atoms with E-state index >= 15 is 0 Å². The Morgan fingerprint density at radius 2 is 2.00 bits per heavy atom. The van der Waals surface area contributed by atoms with E-state index in [1.165, 1.54) is 0 Å². The highest BCUT2D eigenvalue weighted by Crippen LogP contribution is 2.27. The van der Waals surface area contributed by atoms with Crippen LogP contribution in [-0.4, -0.2) is 36.4 Å². The highest BCUT2D eigenvalue weighted by Gasteiger charge is 2.38. The number of rotatable bonds is 3. The summed E-state index contributed by atoms with van der Waals surface area (Å²) in [5.74, 6) is -3.28. The lowest BCUT2D eigenvalue weighted by Crippen LogP contribution is -2.48. The largest absolute Gasteiger partial charge is 0.480 e. The van der Waals surface area contributed by atoms with E-state index < -0.39 is 38.6 Å². The van der Waals surface area contributed by atoms with Gasteiger partial charge in [-0.15, -0.1) is 0 Å². The molecule has 0 spiro atoms. The second kappa shape index (κ2) is 5.45. The molecule has 0 aliphatic carbocycles. The van der Waals surface area contributed by atoms with Crippen molar-refractivity contribution in [2.45, 2.75) is 30.2 Å². The molecule has 110 valence electrons. The molecule has 1 aromatic rings. The van der Waals surface area contributed by atoms with E-state index in [9.17, 15) is 22.0 Å². The third kappa shape index (κ3) is 2.66. The first-order chi connectivity index (χ1) is 9.34. The zero-order valence-electron chi connectivity index (χ0n) is 10.4. The number of carboxylic acid groups (broad SMARTS) is 1. The van der Waals surface area contributed by atoms with Gasteiger partial charge < -0.3 is 5.11 Å². The zero-order chi connectivity index (χ0) is 14.9. The number of halogens is 2. The van der Waals surface area contributed by atoms with Crippen LogP contribution in [0.15, 0.2) is 23.1 Å². The van der Waals surface area contributed by atoms with Crippen LogP contribution in [-0.2, 0) is 14.8 Å². The molecule has 1 N–H and O–H groups in total. The average Bonchev–Trinajstić information content (AvgIpc) is 2.41. The fourth-order valence-corrected chi connectivity index (χ4v) is 3.97. The molecule has 1 heterocycles. The van der Waals surface area contributed by atoms with Gasteiger partial charge in [0.1, 0.15) is 22.6 Å². The summed E-state index contributed by atoms with van der Waals surface area (Å²) in [6.45, 7) is -0.0186. The average molecular weight is 305 g/mol. The first kappa shape index (κ1) is 14.9. The third-order valence-electron chi connectivity index (χ3n) is 3.22.